The monoisotopic (exact) mass is 350 g/mol. The van der Waals surface area contributed by atoms with Crippen molar-refractivity contribution in [1.82, 2.24) is 4.90 Å². The van der Waals surface area contributed by atoms with Crippen molar-refractivity contribution in [3.8, 4) is 0 Å². The van der Waals surface area contributed by atoms with Gasteiger partial charge in [0.15, 0.2) is 5.43 Å². The number of benzene rings is 2. The molecule has 0 N–H and O–H groups in total. The molecular formula is C19H14N2O5. The number of hydrogen-bond donors (Lipinski definition) is 0. The zero-order valence-electron chi connectivity index (χ0n) is 13.8. The number of amides is 1. The Morgan fingerprint density at radius 2 is 1.92 bits per heavy atom. The summed E-state index contributed by atoms with van der Waals surface area (Å²) in [6.07, 6.45) is 0. The van der Waals surface area contributed by atoms with Crippen LogP contribution in [0.1, 0.15) is 34.6 Å². The lowest BCUT2D eigenvalue weighted by Crippen LogP contribution is -2.29. The molecule has 3 aromatic rings. The number of rotatable bonds is 3. The van der Waals surface area contributed by atoms with Crippen molar-refractivity contribution < 1.29 is 14.1 Å². The van der Waals surface area contributed by atoms with Gasteiger partial charge in [0.05, 0.1) is 21.9 Å². The Morgan fingerprint density at radius 1 is 1.15 bits per heavy atom. The maximum Gasteiger partial charge on any atom is 0.290 e. The topological polar surface area (TPSA) is 93.7 Å². The third kappa shape index (κ3) is 2.21. The van der Waals surface area contributed by atoms with Crippen LogP contribution in [0, 0.1) is 10.1 Å². The zero-order chi connectivity index (χ0) is 18.4. The van der Waals surface area contributed by atoms with Gasteiger partial charge in [0.2, 0.25) is 5.76 Å². The molecule has 1 aliphatic heterocycles. The second kappa shape index (κ2) is 5.80. The van der Waals surface area contributed by atoms with Gasteiger partial charge >= 0.3 is 0 Å². The molecule has 4 rings (SSSR count). The number of carbonyl (C=O) groups is 1. The van der Waals surface area contributed by atoms with E-state index in [0.717, 1.165) is 0 Å². The van der Waals surface area contributed by atoms with E-state index in [1.54, 1.807) is 43.3 Å². The van der Waals surface area contributed by atoms with Gasteiger partial charge in [-0.2, -0.15) is 0 Å². The molecule has 0 spiro atoms. The molecular weight excluding hydrogens is 336 g/mol. The predicted molar refractivity (Wildman–Crippen MR) is 94.1 cm³/mol. The summed E-state index contributed by atoms with van der Waals surface area (Å²) in [4.78, 5) is 38.0. The summed E-state index contributed by atoms with van der Waals surface area (Å²) in [6, 6.07) is 12.0. The standard InChI is InChI=1S/C19H14N2O5/c1-2-20-16(11-6-5-7-12(10-11)21(24)25)15-17(22)13-8-3-4-9-14(13)26-18(15)19(20)23/h3-10,16H,2H2,1H3. The summed E-state index contributed by atoms with van der Waals surface area (Å²) in [5.41, 5.74) is 0.708. The molecule has 1 atom stereocenters. The lowest BCUT2D eigenvalue weighted by molar-refractivity contribution is -0.384. The van der Waals surface area contributed by atoms with Crippen molar-refractivity contribution in [2.45, 2.75) is 13.0 Å². The van der Waals surface area contributed by atoms with Crippen LogP contribution < -0.4 is 5.43 Å². The normalized spacial score (nSPS) is 16.1. The van der Waals surface area contributed by atoms with Gasteiger partial charge in [-0.25, -0.2) is 0 Å². The van der Waals surface area contributed by atoms with Gasteiger partial charge in [-0.3, -0.25) is 19.7 Å². The molecule has 0 fully saturated rings. The highest BCUT2D eigenvalue weighted by Gasteiger charge is 2.42. The summed E-state index contributed by atoms with van der Waals surface area (Å²) in [7, 11) is 0. The lowest BCUT2D eigenvalue weighted by Gasteiger charge is -2.23. The number of non-ortho nitro benzene ring substituents is 1. The van der Waals surface area contributed by atoms with Crippen LogP contribution in [0.5, 0.6) is 0 Å². The van der Waals surface area contributed by atoms with Gasteiger partial charge in [-0.15, -0.1) is 0 Å². The van der Waals surface area contributed by atoms with E-state index in [-0.39, 0.29) is 28.3 Å². The van der Waals surface area contributed by atoms with E-state index < -0.39 is 11.0 Å². The predicted octanol–water partition coefficient (Wildman–Crippen LogP) is 3.27. The van der Waals surface area contributed by atoms with Crippen molar-refractivity contribution >= 4 is 22.6 Å². The van der Waals surface area contributed by atoms with Gasteiger partial charge in [0.1, 0.15) is 5.58 Å². The lowest BCUT2D eigenvalue weighted by atomic mass is 9.98. The fourth-order valence-corrected chi connectivity index (χ4v) is 3.45. The Bertz CT molecular complexity index is 1120. The zero-order valence-corrected chi connectivity index (χ0v) is 13.8. The van der Waals surface area contributed by atoms with E-state index in [0.29, 0.717) is 23.1 Å². The summed E-state index contributed by atoms with van der Waals surface area (Å²) >= 11 is 0. The minimum absolute atomic E-state index is 0.00653. The molecule has 0 radical (unpaired) electrons. The second-order valence-corrected chi connectivity index (χ2v) is 6.02. The van der Waals surface area contributed by atoms with Crippen LogP contribution in [0.15, 0.2) is 57.7 Å². The van der Waals surface area contributed by atoms with Gasteiger partial charge in [0, 0.05) is 18.7 Å². The molecule has 0 saturated carbocycles. The molecule has 2 aromatic carbocycles. The van der Waals surface area contributed by atoms with Crippen molar-refractivity contribution in [2.75, 3.05) is 6.54 Å². The highest BCUT2D eigenvalue weighted by molar-refractivity contribution is 5.99. The number of para-hydroxylation sites is 1. The molecule has 7 nitrogen and oxygen atoms in total. The van der Waals surface area contributed by atoms with Crippen molar-refractivity contribution in [1.29, 1.82) is 0 Å². The average Bonchev–Trinajstić information content (AvgIpc) is 2.94. The van der Waals surface area contributed by atoms with Crippen LogP contribution in [0.3, 0.4) is 0 Å². The Labute approximate surface area is 147 Å². The average molecular weight is 350 g/mol. The van der Waals surface area contributed by atoms with E-state index in [1.165, 1.54) is 17.0 Å². The molecule has 7 heteroatoms. The first kappa shape index (κ1) is 16.0. The number of nitro groups is 1. The molecule has 1 aromatic heterocycles. The minimum atomic E-state index is -0.705. The molecule has 130 valence electrons. The van der Waals surface area contributed by atoms with E-state index in [2.05, 4.69) is 0 Å². The van der Waals surface area contributed by atoms with Gasteiger partial charge < -0.3 is 9.32 Å². The second-order valence-electron chi connectivity index (χ2n) is 6.02. The Balaban J connectivity index is 2.01. The van der Waals surface area contributed by atoms with Crippen molar-refractivity contribution in [3.63, 3.8) is 0 Å². The first-order valence-corrected chi connectivity index (χ1v) is 8.14. The van der Waals surface area contributed by atoms with Crippen LogP contribution in [0.4, 0.5) is 5.69 Å². The Hall–Kier alpha value is -3.48. The van der Waals surface area contributed by atoms with Crippen LogP contribution in [0.2, 0.25) is 0 Å². The summed E-state index contributed by atoms with van der Waals surface area (Å²) in [5, 5.41) is 11.5. The van der Waals surface area contributed by atoms with E-state index in [1.807, 2.05) is 0 Å². The maximum atomic E-state index is 13.1. The number of hydrogen-bond acceptors (Lipinski definition) is 5. The van der Waals surface area contributed by atoms with Crippen LogP contribution in [-0.4, -0.2) is 22.3 Å². The summed E-state index contributed by atoms with van der Waals surface area (Å²) in [6.45, 7) is 2.13. The highest BCUT2D eigenvalue weighted by Crippen LogP contribution is 2.38. The minimum Gasteiger partial charge on any atom is -0.450 e. The summed E-state index contributed by atoms with van der Waals surface area (Å²) < 4.78 is 5.73. The molecule has 2 heterocycles. The van der Waals surface area contributed by atoms with Gasteiger partial charge in [-0.05, 0) is 24.6 Å². The van der Waals surface area contributed by atoms with E-state index >= 15 is 0 Å². The molecule has 1 unspecified atom stereocenters. The summed E-state index contributed by atoms with van der Waals surface area (Å²) in [5.74, 6) is -0.381. The molecule has 0 bridgehead atoms. The highest BCUT2D eigenvalue weighted by atomic mass is 16.6. The SMILES string of the molecule is CCN1C(=O)c2oc3ccccc3c(=O)c2C1c1cccc([N+](=O)[O-])c1. The van der Waals surface area contributed by atoms with E-state index in [4.69, 9.17) is 4.42 Å². The van der Waals surface area contributed by atoms with Crippen LogP contribution in [-0.2, 0) is 0 Å². The van der Waals surface area contributed by atoms with E-state index in [9.17, 15) is 19.7 Å². The fourth-order valence-electron chi connectivity index (χ4n) is 3.45. The first-order valence-electron chi connectivity index (χ1n) is 8.14. The molecule has 1 amide bonds. The van der Waals surface area contributed by atoms with Gasteiger partial charge in [-0.1, -0.05) is 24.3 Å². The first-order chi connectivity index (χ1) is 12.5. The Kier molecular flexibility index (Phi) is 3.57. The number of nitro benzene ring substituents is 1. The van der Waals surface area contributed by atoms with Crippen molar-refractivity contribution in [3.05, 3.63) is 85.8 Å². The quantitative estimate of drug-likeness (QED) is 0.534. The maximum absolute atomic E-state index is 13.1. The smallest absolute Gasteiger partial charge is 0.290 e. The number of carbonyl (C=O) groups excluding carboxylic acids is 1. The fraction of sp³-hybridized carbons (Fsp3) is 0.158. The largest absolute Gasteiger partial charge is 0.450 e. The van der Waals surface area contributed by atoms with Crippen LogP contribution in [0.25, 0.3) is 11.0 Å². The third-order valence-electron chi connectivity index (χ3n) is 4.61. The van der Waals surface area contributed by atoms with Crippen molar-refractivity contribution in [2.24, 2.45) is 0 Å². The van der Waals surface area contributed by atoms with Gasteiger partial charge in [0.25, 0.3) is 11.6 Å². The molecule has 26 heavy (non-hydrogen) atoms. The Morgan fingerprint density at radius 3 is 2.65 bits per heavy atom. The van der Waals surface area contributed by atoms with Crippen LogP contribution >= 0.6 is 0 Å². The third-order valence-corrected chi connectivity index (χ3v) is 4.61. The molecule has 0 aliphatic carbocycles. The number of nitrogens with zero attached hydrogens (tertiary/aromatic N) is 2. The molecule has 0 saturated heterocycles. The number of fused-ring (bicyclic) bond motifs is 2. The molecule has 1 aliphatic rings.